The summed E-state index contributed by atoms with van der Waals surface area (Å²) in [4.78, 5) is 50.9. The number of allylic oxidation sites excluding steroid dienone is 1. The molecule has 1 saturated heterocycles. The summed E-state index contributed by atoms with van der Waals surface area (Å²) in [6.07, 6.45) is -1.07. The van der Waals surface area contributed by atoms with Crippen LogP contribution >= 0.6 is 35.7 Å². The van der Waals surface area contributed by atoms with E-state index in [2.05, 4.69) is 0 Å². The Morgan fingerprint density at radius 2 is 1.53 bits per heavy atom. The van der Waals surface area contributed by atoms with Crippen LogP contribution in [0.2, 0.25) is 0 Å². The molecular formula is C35H31F5N2O8S3. The Kier molecular flexibility index (Phi) is 13.1. The predicted molar refractivity (Wildman–Crippen MR) is 189 cm³/mol. The van der Waals surface area contributed by atoms with E-state index in [1.165, 1.54) is 60.0 Å². The first kappa shape index (κ1) is 41.4. The SMILES string of the molecule is CCS[C@@H]1[C@@H]([C@@H](C)O)C(=O)N1C(C(=S)OCc1ccc([N+](=O)[O-])cc1)=C(Oc1ccc(C(=O)Sc2c(F)c(F)c(F)c(F)c2F)cc1)C(=O)C(C)(C)C. The smallest absolute Gasteiger partial charge is 0.269 e. The average molecular weight is 799 g/mol. The van der Waals surface area contributed by atoms with Gasteiger partial charge in [-0.25, -0.2) is 22.0 Å². The van der Waals surface area contributed by atoms with E-state index in [4.69, 9.17) is 21.7 Å². The normalized spacial score (nSPS) is 16.7. The van der Waals surface area contributed by atoms with Gasteiger partial charge in [0.05, 0.1) is 27.2 Å². The second kappa shape index (κ2) is 16.7. The van der Waals surface area contributed by atoms with Crippen LogP contribution in [0.25, 0.3) is 0 Å². The number of nitrogens with zero attached hydrogens (tertiary/aromatic N) is 2. The van der Waals surface area contributed by atoms with Crippen molar-refractivity contribution in [1.82, 2.24) is 4.90 Å². The third-order valence-corrected chi connectivity index (χ3v) is 10.1. The van der Waals surface area contributed by atoms with Crippen molar-refractivity contribution in [2.24, 2.45) is 11.3 Å². The van der Waals surface area contributed by atoms with Gasteiger partial charge in [-0.15, -0.1) is 11.8 Å². The predicted octanol–water partition coefficient (Wildman–Crippen LogP) is 7.89. The summed E-state index contributed by atoms with van der Waals surface area (Å²) in [5, 5.41) is 19.4. The van der Waals surface area contributed by atoms with Crippen LogP contribution in [-0.4, -0.2) is 54.0 Å². The molecule has 1 heterocycles. The lowest BCUT2D eigenvalue weighted by Crippen LogP contribution is -2.63. The lowest BCUT2D eigenvalue weighted by atomic mass is 9.87. The first-order valence-electron chi connectivity index (χ1n) is 15.6. The number of hydrogen-bond donors (Lipinski definition) is 1. The highest BCUT2D eigenvalue weighted by atomic mass is 32.2. The fourth-order valence-corrected chi connectivity index (χ4v) is 7.19. The third-order valence-electron chi connectivity index (χ3n) is 7.67. The van der Waals surface area contributed by atoms with Gasteiger partial charge in [-0.2, -0.15) is 0 Å². The van der Waals surface area contributed by atoms with Gasteiger partial charge < -0.3 is 14.6 Å². The number of hydrogen-bond acceptors (Lipinski definition) is 11. The zero-order chi connectivity index (χ0) is 39.5. The summed E-state index contributed by atoms with van der Waals surface area (Å²) in [7, 11) is 0. The number of aliphatic hydroxyl groups excluding tert-OH is 1. The molecule has 0 aliphatic carbocycles. The number of carbonyl (C=O) groups excluding carboxylic acids is 3. The van der Waals surface area contributed by atoms with Gasteiger partial charge in [0.15, 0.2) is 29.0 Å². The standard InChI is InChI=1S/C35H31F5N2O8S3/c1-6-52-32-21(16(2)43)31(45)41(32)27(34(51)49-15-17-7-11-19(12-8-17)42(47)48)28(30(44)35(3,4)5)50-20-13-9-18(10-14-20)33(46)53-29-25(39)23(37)22(36)24(38)26(29)40/h7-14,16,21,32,43H,6,15H2,1-5H3/t16-,21+,32-/m1/s1. The van der Waals surface area contributed by atoms with Gasteiger partial charge in [0.25, 0.3) is 5.69 Å². The minimum atomic E-state index is -2.37. The number of amides is 1. The van der Waals surface area contributed by atoms with Gasteiger partial charge in [-0.3, -0.25) is 29.4 Å². The quantitative estimate of drug-likeness (QED) is 0.0173. The zero-order valence-corrected chi connectivity index (χ0v) is 31.0. The molecule has 0 radical (unpaired) electrons. The van der Waals surface area contributed by atoms with Crippen LogP contribution in [0.5, 0.6) is 5.75 Å². The van der Waals surface area contributed by atoms with E-state index in [1.54, 1.807) is 20.8 Å². The Morgan fingerprint density at radius 3 is 2.02 bits per heavy atom. The number of carbonyl (C=O) groups is 3. The van der Waals surface area contributed by atoms with E-state index in [1.807, 2.05) is 6.92 Å². The van der Waals surface area contributed by atoms with Crippen LogP contribution in [-0.2, 0) is 20.9 Å². The Labute approximate surface area is 313 Å². The van der Waals surface area contributed by atoms with Crippen molar-refractivity contribution in [2.45, 2.75) is 57.6 Å². The molecule has 1 aliphatic rings. The van der Waals surface area contributed by atoms with Crippen molar-refractivity contribution >= 4 is 63.3 Å². The molecule has 0 saturated carbocycles. The highest BCUT2D eigenvalue weighted by Crippen LogP contribution is 2.43. The lowest BCUT2D eigenvalue weighted by molar-refractivity contribution is -0.384. The Hall–Kier alpha value is -4.39. The second-order valence-corrected chi connectivity index (χ2v) is 15.2. The molecule has 0 spiro atoms. The van der Waals surface area contributed by atoms with E-state index in [9.17, 15) is 51.6 Å². The maximum Gasteiger partial charge on any atom is 0.269 e. The van der Waals surface area contributed by atoms with Gasteiger partial charge in [0.2, 0.25) is 27.7 Å². The van der Waals surface area contributed by atoms with Gasteiger partial charge in [0, 0.05) is 23.1 Å². The molecule has 3 aromatic carbocycles. The number of halogens is 5. The van der Waals surface area contributed by atoms with Crippen molar-refractivity contribution in [3.63, 3.8) is 0 Å². The lowest BCUT2D eigenvalue weighted by Gasteiger charge is -2.48. The number of likely N-dealkylation sites (tertiary alicyclic amines) is 1. The number of thioether (sulfide) groups is 2. The van der Waals surface area contributed by atoms with Crippen molar-refractivity contribution in [3.05, 3.63) is 110 Å². The largest absolute Gasteiger partial charge is 0.477 e. The van der Waals surface area contributed by atoms with Gasteiger partial charge in [-0.1, -0.05) is 27.7 Å². The fourth-order valence-electron chi connectivity index (χ4n) is 4.89. The monoisotopic (exact) mass is 798 g/mol. The highest BCUT2D eigenvalue weighted by Gasteiger charge is 2.54. The number of thiocarbonyl (C=S) groups is 1. The average Bonchev–Trinajstić information content (AvgIpc) is 3.11. The molecule has 282 valence electrons. The summed E-state index contributed by atoms with van der Waals surface area (Å²) in [5.74, 6) is -13.3. The van der Waals surface area contributed by atoms with E-state index >= 15 is 0 Å². The van der Waals surface area contributed by atoms with Crippen LogP contribution in [0.1, 0.15) is 50.5 Å². The Balaban J connectivity index is 1.75. The molecule has 10 nitrogen and oxygen atoms in total. The van der Waals surface area contributed by atoms with Crippen LogP contribution in [0.15, 0.2) is 64.9 Å². The summed E-state index contributed by atoms with van der Waals surface area (Å²) in [6, 6.07) is 10.00. The summed E-state index contributed by atoms with van der Waals surface area (Å²) < 4.78 is 81.3. The molecule has 0 unspecified atom stereocenters. The zero-order valence-electron chi connectivity index (χ0n) is 28.6. The second-order valence-electron chi connectivity index (χ2n) is 12.5. The first-order chi connectivity index (χ1) is 24.8. The minimum absolute atomic E-state index is 0.0919. The van der Waals surface area contributed by atoms with Crippen LogP contribution in [0.3, 0.4) is 0 Å². The number of nitro benzene ring substituents is 1. The molecule has 18 heteroatoms. The van der Waals surface area contributed by atoms with Crippen molar-refractivity contribution in [3.8, 4) is 5.75 Å². The number of benzene rings is 3. The molecule has 1 aliphatic heterocycles. The molecule has 1 N–H and O–H groups in total. The van der Waals surface area contributed by atoms with E-state index in [-0.39, 0.29) is 46.1 Å². The van der Waals surface area contributed by atoms with E-state index in [0.29, 0.717) is 11.3 Å². The fraction of sp³-hybridized carbons (Fsp3) is 0.314. The number of non-ortho nitro benzene ring substituents is 1. The topological polar surface area (TPSA) is 136 Å². The number of rotatable bonds is 13. The first-order valence-corrected chi connectivity index (χ1v) is 17.9. The van der Waals surface area contributed by atoms with E-state index in [0.717, 1.165) is 12.1 Å². The Morgan fingerprint density at radius 1 is 0.981 bits per heavy atom. The van der Waals surface area contributed by atoms with Crippen molar-refractivity contribution in [2.75, 3.05) is 5.75 Å². The number of β-lactam (4-membered cyclic amide) rings is 1. The number of Topliss-reactive ketones (excluding diaryl/α,β-unsaturated/α-hetero) is 1. The van der Waals surface area contributed by atoms with Crippen molar-refractivity contribution < 1.29 is 55.8 Å². The molecule has 4 rings (SSSR count). The van der Waals surface area contributed by atoms with Gasteiger partial charge in [0.1, 0.15) is 18.1 Å². The maximum absolute atomic E-state index is 14.2. The summed E-state index contributed by atoms with van der Waals surface area (Å²) >= 11 is 6.71. The minimum Gasteiger partial charge on any atom is -0.477 e. The Bertz CT molecular complexity index is 1960. The summed E-state index contributed by atoms with van der Waals surface area (Å²) in [6.45, 7) is 7.75. The summed E-state index contributed by atoms with van der Waals surface area (Å²) in [5.41, 5.74) is -1.33. The molecule has 53 heavy (non-hydrogen) atoms. The number of aliphatic hydroxyl groups is 1. The van der Waals surface area contributed by atoms with Crippen LogP contribution in [0.4, 0.5) is 27.6 Å². The molecule has 3 atom stereocenters. The van der Waals surface area contributed by atoms with Crippen molar-refractivity contribution in [1.29, 1.82) is 0 Å². The van der Waals surface area contributed by atoms with Gasteiger partial charge >= 0.3 is 0 Å². The maximum atomic E-state index is 14.2. The molecule has 0 aromatic heterocycles. The number of ether oxygens (including phenoxy) is 2. The highest BCUT2D eigenvalue weighted by molar-refractivity contribution is 8.14. The van der Waals surface area contributed by atoms with Crippen LogP contribution in [0, 0.1) is 50.5 Å². The molecule has 1 fully saturated rings. The number of nitro groups is 1. The third kappa shape index (κ3) is 8.88. The van der Waals surface area contributed by atoms with Crippen LogP contribution < -0.4 is 4.74 Å². The molecule has 0 bridgehead atoms. The van der Waals surface area contributed by atoms with E-state index < -0.39 is 84.3 Å². The molecular weight excluding hydrogens is 768 g/mol. The molecule has 1 amide bonds. The van der Waals surface area contributed by atoms with Gasteiger partial charge in [-0.05, 0) is 78.6 Å². The number of ketones is 1. The molecule has 3 aromatic rings.